The molecule has 3 amide bonds. The summed E-state index contributed by atoms with van der Waals surface area (Å²) in [5.74, 6) is -1.45. The van der Waals surface area contributed by atoms with E-state index in [1.807, 2.05) is 93.6 Å². The van der Waals surface area contributed by atoms with Crippen molar-refractivity contribution in [3.8, 4) is 11.5 Å². The van der Waals surface area contributed by atoms with Crippen LogP contribution in [0.15, 0.2) is 91.0 Å². The number of aliphatic hydroxyl groups is 1. The highest BCUT2D eigenvalue weighted by Gasteiger charge is 2.38. The molecule has 0 radical (unpaired) electrons. The van der Waals surface area contributed by atoms with Gasteiger partial charge in [-0.05, 0) is 51.8 Å². The minimum Gasteiger partial charge on any atom is -0.507 e. The van der Waals surface area contributed by atoms with Gasteiger partial charge in [0.15, 0.2) is 0 Å². The largest absolute Gasteiger partial charge is 0.507 e. The molecule has 52 heavy (non-hydrogen) atoms. The van der Waals surface area contributed by atoms with E-state index in [2.05, 4.69) is 21.3 Å². The molecule has 0 saturated heterocycles. The number of aromatic hydroxyl groups is 1. The molecule has 0 unspecified atom stereocenters. The Morgan fingerprint density at radius 2 is 1.46 bits per heavy atom. The summed E-state index contributed by atoms with van der Waals surface area (Å²) in [6.45, 7) is 9.39. The Kier molecular flexibility index (Phi) is 13.8. The first-order valence-corrected chi connectivity index (χ1v) is 17.6. The number of nitrogens with one attached hydrogen (secondary N) is 4. The first-order chi connectivity index (χ1) is 24.7. The van der Waals surface area contributed by atoms with Crippen molar-refractivity contribution in [1.82, 2.24) is 21.3 Å². The van der Waals surface area contributed by atoms with Crippen LogP contribution >= 0.6 is 0 Å². The smallest absolute Gasteiger partial charge is 0.243 e. The summed E-state index contributed by atoms with van der Waals surface area (Å²) in [6.07, 6.45) is -1.23. The molecule has 0 bridgehead atoms. The zero-order valence-electron chi connectivity index (χ0n) is 30.9. The van der Waals surface area contributed by atoms with Gasteiger partial charge in [-0.15, -0.1) is 0 Å². The summed E-state index contributed by atoms with van der Waals surface area (Å²) in [5, 5.41) is 36.4. The number of methoxy groups -OCH3 is 1. The lowest BCUT2D eigenvalue weighted by molar-refractivity contribution is -0.134. The van der Waals surface area contributed by atoms with E-state index < -0.39 is 53.4 Å². The van der Waals surface area contributed by atoms with Gasteiger partial charge in [-0.3, -0.25) is 19.7 Å². The number of hydrogen-bond acceptors (Lipinski definition) is 8. The Bertz CT molecular complexity index is 1800. The minimum absolute atomic E-state index is 0.0123. The van der Waals surface area contributed by atoms with Crippen LogP contribution in [0, 0.1) is 11.3 Å². The third-order valence-electron chi connectivity index (χ3n) is 9.26. The molecular formula is C41H53N5O6. The number of carbonyl (C=O) groups excluding carboxylic acids is 3. The van der Waals surface area contributed by atoms with E-state index in [4.69, 9.17) is 10.5 Å². The number of carbonyl (C=O) groups is 3. The number of ether oxygens (including phenoxy) is 1. The van der Waals surface area contributed by atoms with E-state index in [1.165, 1.54) is 13.2 Å². The van der Waals surface area contributed by atoms with Crippen molar-refractivity contribution >= 4 is 28.5 Å². The van der Waals surface area contributed by atoms with E-state index in [9.17, 15) is 24.6 Å². The van der Waals surface area contributed by atoms with Crippen molar-refractivity contribution in [3.63, 3.8) is 0 Å². The number of fused-ring (bicyclic) bond motifs is 1. The molecule has 8 N–H and O–H groups in total. The summed E-state index contributed by atoms with van der Waals surface area (Å²) < 4.78 is 5.15. The maximum absolute atomic E-state index is 14.3. The molecule has 0 fully saturated rings. The van der Waals surface area contributed by atoms with Gasteiger partial charge < -0.3 is 36.6 Å². The standard InChI is InChI=1S/C41H53N5O6/c1-25(2)34(38(49)44-24-29-19-20-30(52-6)22-33(29)47)46-39(50)35(43-23-28-17-12-16-27-15-10-11-18-31(27)28)36(48)32(21-26-13-8-7-9-14-26)45-40(51)37(42)41(3,4)5/h7-20,22,25,32,34-37,43,47-48H,21,23-24,42H2,1-6H3,(H,44,49)(H,45,51)(H,46,50)/t32-,34-,35+,36+,37+/m0/s1. The Hall–Kier alpha value is -4.97. The molecular weight excluding hydrogens is 658 g/mol. The van der Waals surface area contributed by atoms with Gasteiger partial charge in [0.05, 0.1) is 25.3 Å². The number of rotatable bonds is 16. The quantitative estimate of drug-likeness (QED) is 0.0916. The zero-order chi connectivity index (χ0) is 38.0. The van der Waals surface area contributed by atoms with Gasteiger partial charge in [0.25, 0.3) is 0 Å². The number of phenolic OH excluding ortho intramolecular Hbond substituents is 1. The third kappa shape index (κ3) is 10.5. The number of nitrogens with two attached hydrogens (primary N) is 1. The molecule has 0 heterocycles. The van der Waals surface area contributed by atoms with Gasteiger partial charge in [-0.1, -0.05) is 107 Å². The highest BCUT2D eigenvalue weighted by Crippen LogP contribution is 2.24. The summed E-state index contributed by atoms with van der Waals surface area (Å²) in [7, 11) is 1.49. The number of phenols is 1. The number of hydrogen-bond donors (Lipinski definition) is 7. The molecule has 0 aromatic heterocycles. The summed E-state index contributed by atoms with van der Waals surface area (Å²) in [4.78, 5) is 41.3. The van der Waals surface area contributed by atoms with Crippen LogP contribution in [0.25, 0.3) is 10.8 Å². The van der Waals surface area contributed by atoms with E-state index in [0.717, 1.165) is 21.9 Å². The van der Waals surface area contributed by atoms with Crippen molar-refractivity contribution in [1.29, 1.82) is 0 Å². The first-order valence-electron chi connectivity index (χ1n) is 17.6. The second-order valence-electron chi connectivity index (χ2n) is 14.6. The van der Waals surface area contributed by atoms with Gasteiger partial charge in [0, 0.05) is 24.7 Å². The second-order valence-corrected chi connectivity index (χ2v) is 14.6. The van der Waals surface area contributed by atoms with Crippen LogP contribution in [-0.2, 0) is 33.9 Å². The predicted octanol–water partition coefficient (Wildman–Crippen LogP) is 3.93. The Balaban J connectivity index is 1.64. The SMILES string of the molecule is COc1ccc(CNC(=O)[C@@H](NC(=O)[C@H](NCc2cccc3ccccc23)[C@H](O)[C@H](Cc2ccccc2)NC(=O)[C@@H](N)C(C)(C)C)C(C)C)c(O)c1. The monoisotopic (exact) mass is 711 g/mol. The highest BCUT2D eigenvalue weighted by molar-refractivity contribution is 5.91. The van der Waals surface area contributed by atoms with Crippen LogP contribution < -0.4 is 31.7 Å². The van der Waals surface area contributed by atoms with Gasteiger partial charge >= 0.3 is 0 Å². The van der Waals surface area contributed by atoms with Crippen LogP contribution in [0.4, 0.5) is 0 Å². The van der Waals surface area contributed by atoms with Gasteiger partial charge in [-0.2, -0.15) is 0 Å². The Morgan fingerprint density at radius 1 is 0.788 bits per heavy atom. The van der Waals surface area contributed by atoms with Crippen molar-refractivity contribution < 1.29 is 29.3 Å². The third-order valence-corrected chi connectivity index (χ3v) is 9.26. The van der Waals surface area contributed by atoms with Gasteiger partial charge in [0.1, 0.15) is 23.6 Å². The second kappa shape index (κ2) is 18.0. The van der Waals surface area contributed by atoms with E-state index in [1.54, 1.807) is 26.0 Å². The van der Waals surface area contributed by atoms with E-state index in [-0.39, 0.29) is 31.2 Å². The van der Waals surface area contributed by atoms with E-state index in [0.29, 0.717) is 11.3 Å². The summed E-state index contributed by atoms with van der Waals surface area (Å²) in [5.41, 5.74) is 7.99. The molecule has 0 aliphatic heterocycles. The average Bonchev–Trinajstić information content (AvgIpc) is 3.12. The van der Waals surface area contributed by atoms with Crippen LogP contribution in [0.2, 0.25) is 0 Å². The lowest BCUT2D eigenvalue weighted by atomic mass is 9.86. The lowest BCUT2D eigenvalue weighted by Gasteiger charge is -2.34. The van der Waals surface area contributed by atoms with Gasteiger partial charge in [0.2, 0.25) is 17.7 Å². The normalized spacial score (nSPS) is 14.6. The molecule has 4 aromatic rings. The molecule has 0 aliphatic rings. The predicted molar refractivity (Wildman–Crippen MR) is 203 cm³/mol. The minimum atomic E-state index is -1.45. The number of aliphatic hydroxyl groups excluding tert-OH is 1. The fourth-order valence-electron chi connectivity index (χ4n) is 5.95. The van der Waals surface area contributed by atoms with Crippen LogP contribution in [0.3, 0.4) is 0 Å². The van der Waals surface area contributed by atoms with Crippen molar-refractivity contribution in [2.75, 3.05) is 7.11 Å². The Labute approximate surface area is 306 Å². The average molecular weight is 712 g/mol. The summed E-state index contributed by atoms with van der Waals surface area (Å²) >= 11 is 0. The molecule has 11 heteroatoms. The van der Waals surface area contributed by atoms with Crippen LogP contribution in [0.5, 0.6) is 11.5 Å². The molecule has 4 aromatic carbocycles. The maximum atomic E-state index is 14.3. The van der Waals surface area contributed by atoms with Crippen LogP contribution in [-0.4, -0.2) is 65.3 Å². The molecule has 0 spiro atoms. The van der Waals surface area contributed by atoms with Crippen molar-refractivity contribution in [2.24, 2.45) is 17.1 Å². The topological polar surface area (TPSA) is 175 Å². The fraction of sp³-hybridized carbons (Fsp3) is 0.390. The zero-order valence-corrected chi connectivity index (χ0v) is 30.9. The van der Waals surface area contributed by atoms with Crippen molar-refractivity contribution in [3.05, 3.63) is 108 Å². The van der Waals surface area contributed by atoms with Crippen LogP contribution in [0.1, 0.15) is 51.3 Å². The van der Waals surface area contributed by atoms with E-state index >= 15 is 0 Å². The Morgan fingerprint density at radius 3 is 2.12 bits per heavy atom. The molecule has 4 rings (SSSR count). The highest BCUT2D eigenvalue weighted by atomic mass is 16.5. The maximum Gasteiger partial charge on any atom is 0.243 e. The number of benzene rings is 4. The van der Waals surface area contributed by atoms with Gasteiger partial charge in [-0.25, -0.2) is 0 Å². The lowest BCUT2D eigenvalue weighted by Crippen LogP contribution is -2.63. The molecule has 0 aliphatic carbocycles. The first kappa shape index (κ1) is 39.8. The molecule has 5 atom stereocenters. The fourth-order valence-corrected chi connectivity index (χ4v) is 5.95. The molecule has 0 saturated carbocycles. The van der Waals surface area contributed by atoms with Crippen molar-refractivity contribution in [2.45, 2.75) is 84.4 Å². The molecule has 11 nitrogen and oxygen atoms in total. The molecule has 278 valence electrons. The summed E-state index contributed by atoms with van der Waals surface area (Å²) in [6, 6.07) is 23.8. The number of amides is 3.